The molecule has 0 bridgehead atoms. The minimum atomic E-state index is 0. The summed E-state index contributed by atoms with van der Waals surface area (Å²) in [6.07, 6.45) is 14.5. The van der Waals surface area contributed by atoms with E-state index in [0.29, 0.717) is 0 Å². The van der Waals surface area contributed by atoms with Gasteiger partial charge in [0.05, 0.1) is 0 Å². The third kappa shape index (κ3) is 10.2. The first-order valence-electron chi connectivity index (χ1n) is 3.22. The summed E-state index contributed by atoms with van der Waals surface area (Å²) in [7, 11) is 0. The molecule has 0 N–H and O–H groups in total. The molecule has 1 rings (SSSR count). The Morgan fingerprint density at radius 1 is 1.09 bits per heavy atom. The molecule has 0 radical (unpaired) electrons. The maximum Gasteiger partial charge on any atom is 0 e. The van der Waals surface area contributed by atoms with Crippen molar-refractivity contribution >= 4 is 0 Å². The fourth-order valence-electron chi connectivity index (χ4n) is 0.805. The predicted molar refractivity (Wildman–Crippen MR) is 48.2 cm³/mol. The molecular formula is C10H17Pt-3. The molecule has 1 heteroatoms. The van der Waals surface area contributed by atoms with Gasteiger partial charge in [-0.15, -0.1) is 6.42 Å². The molecule has 11 heavy (non-hydrogen) atoms. The van der Waals surface area contributed by atoms with E-state index in [0.717, 1.165) is 6.42 Å². The summed E-state index contributed by atoms with van der Waals surface area (Å²) in [6, 6.07) is 0. The second kappa shape index (κ2) is 12.8. The Labute approximate surface area is 86.0 Å². The van der Waals surface area contributed by atoms with E-state index >= 15 is 0 Å². The first kappa shape index (κ1) is 17.3. The van der Waals surface area contributed by atoms with Crippen LogP contribution in [-0.2, 0) is 21.1 Å². The zero-order valence-corrected chi connectivity index (χ0v) is 9.65. The maximum absolute atomic E-state index is 3.18. The van der Waals surface area contributed by atoms with E-state index in [2.05, 4.69) is 18.2 Å². The average molecular weight is 332 g/mol. The summed E-state index contributed by atoms with van der Waals surface area (Å²) in [5, 5.41) is 0. The van der Waals surface area contributed by atoms with Gasteiger partial charge >= 0.3 is 0 Å². The van der Waals surface area contributed by atoms with Crippen LogP contribution in [0.3, 0.4) is 0 Å². The quantitative estimate of drug-likeness (QED) is 0.597. The monoisotopic (exact) mass is 332 g/mol. The first-order valence-corrected chi connectivity index (χ1v) is 3.22. The van der Waals surface area contributed by atoms with Crippen molar-refractivity contribution in [3.8, 4) is 0 Å². The third-order valence-electron chi connectivity index (χ3n) is 1.29. The van der Waals surface area contributed by atoms with Crippen molar-refractivity contribution in [2.75, 3.05) is 0 Å². The molecular weight excluding hydrogens is 315 g/mol. The molecule has 0 aromatic rings. The van der Waals surface area contributed by atoms with Crippen molar-refractivity contribution < 1.29 is 21.1 Å². The molecule has 1 aliphatic carbocycles. The number of hydrogen-bond donors (Lipinski definition) is 0. The smallest absolute Gasteiger partial charge is 0 e. The van der Waals surface area contributed by atoms with Crippen molar-refractivity contribution in [3.63, 3.8) is 0 Å². The van der Waals surface area contributed by atoms with E-state index < -0.39 is 0 Å². The fourth-order valence-corrected chi connectivity index (χ4v) is 0.805. The molecule has 0 fully saturated rings. The second-order valence-corrected chi connectivity index (χ2v) is 2.04. The summed E-state index contributed by atoms with van der Waals surface area (Å²) in [6.45, 7) is 0. The molecule has 0 saturated carbocycles. The molecule has 1 aliphatic rings. The molecule has 70 valence electrons. The van der Waals surface area contributed by atoms with Gasteiger partial charge in [-0.2, -0.15) is 6.08 Å². The Morgan fingerprint density at radius 2 is 1.82 bits per heavy atom. The van der Waals surface area contributed by atoms with Crippen LogP contribution in [0.2, 0.25) is 0 Å². The molecule has 0 nitrogen and oxygen atoms in total. The van der Waals surface area contributed by atoms with Gasteiger partial charge in [-0.05, 0) is 0 Å². The minimum Gasteiger partial charge on any atom is -0.358 e. The van der Waals surface area contributed by atoms with Crippen LogP contribution in [0.4, 0.5) is 0 Å². The predicted octanol–water partition coefficient (Wildman–Crippen LogP) is 3.37. The van der Waals surface area contributed by atoms with E-state index in [-0.39, 0.29) is 35.9 Å². The topological polar surface area (TPSA) is 0 Å². The molecule has 0 unspecified atom stereocenters. The zero-order valence-electron chi connectivity index (χ0n) is 7.38. The summed E-state index contributed by atoms with van der Waals surface area (Å²) >= 11 is 0. The summed E-state index contributed by atoms with van der Waals surface area (Å²) in [5.41, 5.74) is 0. The molecule has 0 heterocycles. The number of hydrogen-bond acceptors (Lipinski definition) is 0. The van der Waals surface area contributed by atoms with Crippen LogP contribution in [0.15, 0.2) is 18.2 Å². The number of rotatable bonds is 0. The van der Waals surface area contributed by atoms with E-state index in [1.807, 2.05) is 6.08 Å². The van der Waals surface area contributed by atoms with Crippen LogP contribution in [0.1, 0.15) is 25.7 Å². The van der Waals surface area contributed by atoms with Gasteiger partial charge in [0.2, 0.25) is 0 Å². The molecule has 0 saturated heterocycles. The zero-order chi connectivity index (χ0) is 5.66. The van der Waals surface area contributed by atoms with Crippen LogP contribution >= 0.6 is 0 Å². The maximum atomic E-state index is 3.18. The van der Waals surface area contributed by atoms with E-state index in [4.69, 9.17) is 0 Å². The van der Waals surface area contributed by atoms with Gasteiger partial charge in [0, 0.05) is 21.1 Å². The summed E-state index contributed by atoms with van der Waals surface area (Å²) in [5.74, 6) is 0. The van der Waals surface area contributed by atoms with Crippen LogP contribution in [0.25, 0.3) is 0 Å². The van der Waals surface area contributed by atoms with Crippen molar-refractivity contribution in [2.45, 2.75) is 25.7 Å². The van der Waals surface area contributed by atoms with Crippen molar-refractivity contribution in [2.24, 2.45) is 0 Å². The molecule has 0 aromatic carbocycles. The van der Waals surface area contributed by atoms with Gasteiger partial charge in [-0.3, -0.25) is 6.08 Å². The Hall–Kier alpha value is 0.168. The van der Waals surface area contributed by atoms with Crippen molar-refractivity contribution in [3.05, 3.63) is 39.2 Å². The third-order valence-corrected chi connectivity index (χ3v) is 1.29. The van der Waals surface area contributed by atoms with Gasteiger partial charge in [0.1, 0.15) is 0 Å². The van der Waals surface area contributed by atoms with E-state index in [9.17, 15) is 0 Å². The second-order valence-electron chi connectivity index (χ2n) is 2.04. The molecule has 0 spiro atoms. The van der Waals surface area contributed by atoms with Gasteiger partial charge in [-0.1, -0.05) is 19.3 Å². The van der Waals surface area contributed by atoms with Crippen LogP contribution in [0, 0.1) is 20.9 Å². The van der Waals surface area contributed by atoms with E-state index in [1.54, 1.807) is 0 Å². The van der Waals surface area contributed by atoms with Gasteiger partial charge in [-0.25, -0.2) is 12.2 Å². The van der Waals surface area contributed by atoms with Crippen LogP contribution < -0.4 is 0 Å². The minimum absolute atomic E-state index is 0. The van der Waals surface area contributed by atoms with Gasteiger partial charge in [0.25, 0.3) is 0 Å². The fraction of sp³-hybridized carbons (Fsp3) is 0.400. The number of allylic oxidation sites excluding steroid dienone is 4. The van der Waals surface area contributed by atoms with Crippen LogP contribution in [0.5, 0.6) is 0 Å². The van der Waals surface area contributed by atoms with Gasteiger partial charge in [0.15, 0.2) is 0 Å². The largest absolute Gasteiger partial charge is 0.358 e. The van der Waals surface area contributed by atoms with Gasteiger partial charge < -0.3 is 14.9 Å². The SMILES string of the molecule is [C-]1=CC=CCCCC1.[CH3-].[CH3-].[Pt]. The Kier molecular flexibility index (Phi) is 20.2. The first-order chi connectivity index (χ1) is 4.00. The normalized spacial score (nSPS) is 14.5. The summed E-state index contributed by atoms with van der Waals surface area (Å²) in [4.78, 5) is 0. The molecule has 0 aromatic heterocycles. The summed E-state index contributed by atoms with van der Waals surface area (Å²) < 4.78 is 0. The van der Waals surface area contributed by atoms with Crippen molar-refractivity contribution in [1.82, 2.24) is 0 Å². The molecule has 0 atom stereocenters. The van der Waals surface area contributed by atoms with Crippen LogP contribution in [-0.4, -0.2) is 0 Å². The molecule has 0 amide bonds. The van der Waals surface area contributed by atoms with E-state index in [1.165, 1.54) is 19.3 Å². The average Bonchev–Trinajstić information content (AvgIpc) is 1.62. The Balaban J connectivity index is -0.000000213. The Bertz CT molecular complexity index is 89.4. The van der Waals surface area contributed by atoms with Crippen molar-refractivity contribution in [1.29, 1.82) is 0 Å². The standard InChI is InChI=1S/C8H11.2CH3.Pt/c1-2-4-6-8-7-5-3-1;;;/h1-3H,4,6-8H2;2*1H3;/q3*-1;. The molecule has 0 aliphatic heterocycles. The Morgan fingerprint density at radius 3 is 2.55 bits per heavy atom.